The predicted octanol–water partition coefficient (Wildman–Crippen LogP) is 3.14. The second-order valence-electron chi connectivity index (χ2n) is 3.61. The Kier molecular flexibility index (Phi) is 2.84. The van der Waals surface area contributed by atoms with Gasteiger partial charge in [-0.15, -0.1) is 11.3 Å². The minimum Gasteiger partial charge on any atom is -0.322 e. The Morgan fingerprint density at radius 3 is 2.47 bits per heavy atom. The van der Waals surface area contributed by atoms with Gasteiger partial charge < -0.3 is 5.73 Å². The van der Waals surface area contributed by atoms with Gasteiger partial charge in [-0.2, -0.15) is 0 Å². The maximum absolute atomic E-state index is 5.82. The Balaban J connectivity index is 2.45. The highest BCUT2D eigenvalue weighted by Crippen LogP contribution is 2.29. The van der Waals surface area contributed by atoms with Gasteiger partial charge in [-0.25, -0.2) is 4.98 Å². The van der Waals surface area contributed by atoms with Crippen LogP contribution in [-0.2, 0) is 0 Å². The highest BCUT2D eigenvalue weighted by Gasteiger charge is 2.11. The quantitative estimate of drug-likeness (QED) is 0.841. The van der Waals surface area contributed by atoms with Crippen LogP contribution < -0.4 is 5.73 Å². The van der Waals surface area contributed by atoms with E-state index in [2.05, 4.69) is 24.0 Å². The number of rotatable bonds is 2. The van der Waals surface area contributed by atoms with Gasteiger partial charge in [-0.1, -0.05) is 30.3 Å². The summed E-state index contributed by atoms with van der Waals surface area (Å²) < 4.78 is 0. The van der Waals surface area contributed by atoms with Crippen molar-refractivity contribution in [3.63, 3.8) is 0 Å². The molecule has 0 spiro atoms. The van der Waals surface area contributed by atoms with Crippen molar-refractivity contribution < 1.29 is 0 Å². The van der Waals surface area contributed by atoms with Gasteiger partial charge in [0.1, 0.15) is 5.01 Å². The molecule has 1 heterocycles. The Bertz CT molecular complexity index is 446. The molecule has 0 bridgehead atoms. The molecule has 0 fully saturated rings. The predicted molar refractivity (Wildman–Crippen MR) is 64.9 cm³/mol. The summed E-state index contributed by atoms with van der Waals surface area (Å²) in [5.41, 5.74) is 8.05. The fourth-order valence-corrected chi connectivity index (χ4v) is 2.37. The lowest BCUT2D eigenvalue weighted by molar-refractivity contribution is 0.808. The standard InChI is InChI=1S/C12H14N2S/c1-8(13)12-14-11(9(2)15-12)10-6-4-3-5-7-10/h3-8H,13H2,1-2H3. The summed E-state index contributed by atoms with van der Waals surface area (Å²) in [5, 5.41) is 1.01. The Labute approximate surface area is 93.8 Å². The SMILES string of the molecule is Cc1sc(C(C)N)nc1-c1ccccc1. The van der Waals surface area contributed by atoms with Crippen molar-refractivity contribution in [1.29, 1.82) is 0 Å². The van der Waals surface area contributed by atoms with Gasteiger partial charge in [-0.3, -0.25) is 0 Å². The fourth-order valence-electron chi connectivity index (χ4n) is 1.48. The summed E-state index contributed by atoms with van der Waals surface area (Å²) in [6, 6.07) is 10.2. The first-order valence-electron chi connectivity index (χ1n) is 4.97. The van der Waals surface area contributed by atoms with Crippen molar-refractivity contribution in [1.82, 2.24) is 4.98 Å². The summed E-state index contributed by atoms with van der Waals surface area (Å²) in [6.07, 6.45) is 0. The van der Waals surface area contributed by atoms with Crippen LogP contribution in [-0.4, -0.2) is 4.98 Å². The van der Waals surface area contributed by atoms with Crippen molar-refractivity contribution in [3.05, 3.63) is 40.2 Å². The van der Waals surface area contributed by atoms with Gasteiger partial charge in [-0.05, 0) is 13.8 Å². The minimum absolute atomic E-state index is 0.0196. The number of hydrogen-bond acceptors (Lipinski definition) is 3. The lowest BCUT2D eigenvalue weighted by Crippen LogP contribution is -2.03. The molecule has 0 saturated heterocycles. The molecule has 2 aromatic rings. The molecule has 1 unspecified atom stereocenters. The first-order chi connectivity index (χ1) is 7.18. The molecule has 2 N–H and O–H groups in total. The first kappa shape index (κ1) is 10.3. The van der Waals surface area contributed by atoms with E-state index in [1.807, 2.05) is 25.1 Å². The van der Waals surface area contributed by atoms with Crippen LogP contribution in [0.15, 0.2) is 30.3 Å². The molecular formula is C12H14N2S. The van der Waals surface area contributed by atoms with Gasteiger partial charge in [0.05, 0.1) is 11.7 Å². The molecule has 0 aliphatic carbocycles. The molecule has 0 aliphatic rings. The molecule has 0 saturated carbocycles. The number of nitrogens with zero attached hydrogens (tertiary/aromatic N) is 1. The topological polar surface area (TPSA) is 38.9 Å². The molecule has 0 amide bonds. The van der Waals surface area contributed by atoms with Gasteiger partial charge in [0.15, 0.2) is 0 Å². The van der Waals surface area contributed by atoms with Crippen LogP contribution in [0.4, 0.5) is 0 Å². The van der Waals surface area contributed by atoms with Crippen molar-refractivity contribution in [2.45, 2.75) is 19.9 Å². The van der Waals surface area contributed by atoms with Crippen molar-refractivity contribution >= 4 is 11.3 Å². The molecule has 0 aliphatic heterocycles. The second kappa shape index (κ2) is 4.13. The van der Waals surface area contributed by atoms with Crippen LogP contribution in [0.3, 0.4) is 0 Å². The maximum atomic E-state index is 5.82. The average molecular weight is 218 g/mol. The molecule has 0 radical (unpaired) electrons. The highest BCUT2D eigenvalue weighted by atomic mass is 32.1. The van der Waals surface area contributed by atoms with Crippen molar-refractivity contribution in [2.75, 3.05) is 0 Å². The van der Waals surface area contributed by atoms with E-state index < -0.39 is 0 Å². The van der Waals surface area contributed by atoms with E-state index >= 15 is 0 Å². The third-order valence-electron chi connectivity index (χ3n) is 2.25. The number of aromatic nitrogens is 1. The molecule has 78 valence electrons. The summed E-state index contributed by atoms with van der Waals surface area (Å²) >= 11 is 1.68. The molecule has 1 aromatic carbocycles. The molecule has 2 nitrogen and oxygen atoms in total. The Morgan fingerprint density at radius 1 is 1.27 bits per heavy atom. The van der Waals surface area contributed by atoms with Gasteiger partial charge >= 0.3 is 0 Å². The fraction of sp³-hybridized carbons (Fsp3) is 0.250. The van der Waals surface area contributed by atoms with Crippen LogP contribution >= 0.6 is 11.3 Å². The number of thiazole rings is 1. The minimum atomic E-state index is 0.0196. The van der Waals surface area contributed by atoms with E-state index in [0.717, 1.165) is 16.3 Å². The summed E-state index contributed by atoms with van der Waals surface area (Å²) in [5.74, 6) is 0. The van der Waals surface area contributed by atoms with Crippen LogP contribution in [0.5, 0.6) is 0 Å². The Hall–Kier alpha value is -1.19. The Morgan fingerprint density at radius 2 is 1.93 bits per heavy atom. The molecule has 1 atom stereocenters. The van der Waals surface area contributed by atoms with Crippen molar-refractivity contribution in [2.24, 2.45) is 5.73 Å². The third-order valence-corrected chi connectivity index (χ3v) is 3.42. The summed E-state index contributed by atoms with van der Waals surface area (Å²) in [6.45, 7) is 4.05. The van der Waals surface area contributed by atoms with Crippen LogP contribution in [0.1, 0.15) is 22.9 Å². The normalized spacial score (nSPS) is 12.7. The second-order valence-corrected chi connectivity index (χ2v) is 4.85. The van der Waals surface area contributed by atoms with E-state index in [4.69, 9.17) is 5.73 Å². The zero-order valence-electron chi connectivity index (χ0n) is 8.90. The van der Waals surface area contributed by atoms with Crippen LogP contribution in [0, 0.1) is 6.92 Å². The number of nitrogens with two attached hydrogens (primary N) is 1. The van der Waals surface area contributed by atoms with Gasteiger partial charge in [0, 0.05) is 10.4 Å². The summed E-state index contributed by atoms with van der Waals surface area (Å²) in [4.78, 5) is 5.80. The van der Waals surface area contributed by atoms with E-state index in [0.29, 0.717) is 0 Å². The molecule has 2 rings (SSSR count). The van der Waals surface area contributed by atoms with E-state index in [-0.39, 0.29) is 6.04 Å². The maximum Gasteiger partial charge on any atom is 0.110 e. The molecule has 1 aromatic heterocycles. The summed E-state index contributed by atoms with van der Waals surface area (Å²) in [7, 11) is 0. The third kappa shape index (κ3) is 2.08. The lowest BCUT2D eigenvalue weighted by Gasteiger charge is -1.98. The molecular weight excluding hydrogens is 204 g/mol. The smallest absolute Gasteiger partial charge is 0.110 e. The van der Waals surface area contributed by atoms with Gasteiger partial charge in [0.25, 0.3) is 0 Å². The molecule has 15 heavy (non-hydrogen) atoms. The zero-order valence-corrected chi connectivity index (χ0v) is 9.71. The van der Waals surface area contributed by atoms with Crippen LogP contribution in [0.25, 0.3) is 11.3 Å². The first-order valence-corrected chi connectivity index (χ1v) is 5.78. The number of hydrogen-bond donors (Lipinski definition) is 1. The van der Waals surface area contributed by atoms with Gasteiger partial charge in [0.2, 0.25) is 0 Å². The highest BCUT2D eigenvalue weighted by molar-refractivity contribution is 7.12. The number of aryl methyl sites for hydroxylation is 1. The van der Waals surface area contributed by atoms with E-state index in [1.54, 1.807) is 11.3 Å². The largest absolute Gasteiger partial charge is 0.322 e. The van der Waals surface area contributed by atoms with E-state index in [1.165, 1.54) is 4.88 Å². The van der Waals surface area contributed by atoms with E-state index in [9.17, 15) is 0 Å². The lowest BCUT2D eigenvalue weighted by atomic mass is 10.1. The number of benzene rings is 1. The monoisotopic (exact) mass is 218 g/mol. The zero-order chi connectivity index (χ0) is 10.8. The average Bonchev–Trinajstić information content (AvgIpc) is 2.62. The molecule has 3 heteroatoms. The van der Waals surface area contributed by atoms with Crippen molar-refractivity contribution in [3.8, 4) is 11.3 Å². The van der Waals surface area contributed by atoms with Crippen LogP contribution in [0.2, 0.25) is 0 Å².